The number of amidine groups is 2. The molecule has 0 spiro atoms. The molecule has 0 unspecified atom stereocenters. The monoisotopic (exact) mass is 1150 g/mol. The molecule has 6 aliphatic heterocycles. The van der Waals surface area contributed by atoms with E-state index in [1.807, 2.05) is 0 Å². The van der Waals surface area contributed by atoms with Gasteiger partial charge in [-0.1, -0.05) is 24.3 Å². The average molecular weight is 1150 g/mol. The molecule has 0 aromatic heterocycles. The molecule has 0 atom stereocenters. The molecular weight excluding hydrogens is 1040 g/mol. The molecular formula is C66H72F4N8O4. The largest absolute Gasteiger partial charge is 0.381 e. The first-order valence-electron chi connectivity index (χ1n) is 41.2. The second kappa shape index (κ2) is 25.9. The van der Waals surface area contributed by atoms with E-state index in [-0.39, 0.29) is 124 Å². The third kappa shape index (κ3) is 14.1. The van der Waals surface area contributed by atoms with Crippen molar-refractivity contribution < 1.29 is 79.1 Å². The Kier molecular flexibility index (Phi) is 9.59. The fourth-order valence-electron chi connectivity index (χ4n) is 9.51. The summed E-state index contributed by atoms with van der Waals surface area (Å²) in [5.74, 6) is -7.40. The number of rotatable bonds is 12. The number of hydrogen-bond donors (Lipinski definition) is 2. The van der Waals surface area contributed by atoms with Gasteiger partial charge in [0.25, 0.3) is 11.8 Å². The Balaban J connectivity index is 0.000000223. The number of halogens is 4. The molecule has 4 fully saturated rings. The van der Waals surface area contributed by atoms with Crippen LogP contribution in [0.15, 0.2) is 119 Å². The smallest absolute Gasteiger partial charge is 0.257 e. The second-order valence-corrected chi connectivity index (χ2v) is 19.4. The predicted molar refractivity (Wildman–Crippen MR) is 313 cm³/mol. The van der Waals surface area contributed by atoms with Crippen LogP contribution in [0.5, 0.6) is 0 Å². The van der Waals surface area contributed by atoms with E-state index in [1.165, 1.54) is 36.4 Å². The molecule has 428 valence electrons. The number of carbonyl (C=O) groups is 2. The molecule has 16 heteroatoms. The van der Waals surface area contributed by atoms with Gasteiger partial charge in [-0.15, -0.1) is 0 Å². The van der Waals surface area contributed by atoms with Gasteiger partial charge in [-0.2, -0.15) is 0 Å². The van der Waals surface area contributed by atoms with Crippen LogP contribution in [-0.4, -0.2) is 126 Å². The molecule has 0 bridgehead atoms. The summed E-state index contributed by atoms with van der Waals surface area (Å²) in [7, 11) is 0.918. The number of hydrogen-bond acceptors (Lipinski definition) is 10. The normalized spacial score (nSPS) is 31.3. The van der Waals surface area contributed by atoms with Gasteiger partial charge in [-0.3, -0.25) is 19.6 Å². The number of aliphatic imine (C=N–C) groups is 2. The van der Waals surface area contributed by atoms with E-state index < -0.39 is 155 Å². The molecule has 12 rings (SSSR count). The SMILES string of the molecule is [2H]C1([2H])CC(Cc2cc(N3C([2H])([2H])C([2H])([2H])N(C([2H])([2H])[2H])C([2H])([2H])C3([2H])[2H])ccc2C(=O)NC2=NCc3ccc(C([2H])([2H])c4cc(F)cc(F)c4)cc32)CC([2H])([2H])O1.[2H]C1([2H])CC(Cc2cc(N3C([2H])([2H])C([2H])([2H])N(C)C([2H])([2H])C3([2H])[2H])ccc2C(=O)NC2=NCc3ccc(C([2H])([2H])c4cc(F)cc(F)c4)cc32)CC([2H])([2H])O1. The highest BCUT2D eigenvalue weighted by Gasteiger charge is 2.27. The van der Waals surface area contributed by atoms with Crippen molar-refractivity contribution in [1.29, 1.82) is 0 Å². The summed E-state index contributed by atoms with van der Waals surface area (Å²) in [6.45, 7) is -40.5. The number of likely N-dealkylation sites (N-methyl/N-ethyl adjacent to an activating group) is 2. The molecule has 2 N–H and O–H groups in total. The van der Waals surface area contributed by atoms with E-state index in [9.17, 15) is 27.2 Å². The van der Waals surface area contributed by atoms with Crippen LogP contribution >= 0.6 is 0 Å². The van der Waals surface area contributed by atoms with Crippen LogP contribution in [0.2, 0.25) is 0 Å². The first-order chi connectivity index (χ1) is 51.4. The van der Waals surface area contributed by atoms with Crippen molar-refractivity contribution in [2.75, 3.05) is 102 Å². The van der Waals surface area contributed by atoms with Crippen LogP contribution in [0.25, 0.3) is 0 Å². The lowest BCUT2D eigenvalue weighted by Crippen LogP contribution is -2.44. The maximum absolute atomic E-state index is 14.1. The number of amides is 2. The highest BCUT2D eigenvalue weighted by atomic mass is 19.1. The molecule has 82 heavy (non-hydrogen) atoms. The number of nitrogens with zero attached hydrogens (tertiary/aromatic N) is 6. The van der Waals surface area contributed by atoms with Crippen LogP contribution in [0.1, 0.15) is 145 Å². The summed E-state index contributed by atoms with van der Waals surface area (Å²) in [5, 5.41) is 5.29. The number of ether oxygens (including phenoxy) is 2. The van der Waals surface area contributed by atoms with Gasteiger partial charge in [-0.25, -0.2) is 17.6 Å². The van der Waals surface area contributed by atoms with Gasteiger partial charge >= 0.3 is 0 Å². The summed E-state index contributed by atoms with van der Waals surface area (Å²) in [6, 6.07) is 19.9. The number of anilines is 2. The van der Waals surface area contributed by atoms with Gasteiger partial charge < -0.3 is 39.7 Å². The fourth-order valence-corrected chi connectivity index (χ4v) is 9.51. The standard InChI is InChI=1S/2C33H36F2N4O2/c2*1-38-8-10-39(11-9-38)29-4-5-30(26(19-29)15-22-6-12-41-13-7-22)33(40)37-32-31-18-23(2-3-25(31)21-36-32)14-24-16-27(34)20-28(35)17-24/h2*2-5,16-20,22H,6-15,21H2,1H3,(H,36,37,40)/i1D3,8D2,9D2,10D2,11D2,12D2,13D2,14D2;8D2,9D2,10D2,11D2,12D2,13D2,14D2. The minimum absolute atomic E-state index is 0.00338. The Morgan fingerprint density at radius 2 is 0.939 bits per heavy atom. The van der Waals surface area contributed by atoms with Crippen molar-refractivity contribution in [2.45, 2.75) is 64.4 Å². The van der Waals surface area contributed by atoms with Crippen molar-refractivity contribution in [3.63, 3.8) is 0 Å². The summed E-state index contributed by atoms with van der Waals surface area (Å²) in [6.07, 6.45) is -6.74. The molecule has 0 radical (unpaired) electrons. The lowest BCUT2D eigenvalue weighted by atomic mass is 9.89. The van der Waals surface area contributed by atoms with Crippen molar-refractivity contribution in [3.05, 3.63) is 199 Å². The Morgan fingerprint density at radius 1 is 0.537 bits per heavy atom. The maximum atomic E-state index is 14.1. The van der Waals surface area contributed by atoms with Crippen LogP contribution in [0, 0.1) is 35.1 Å². The number of carbonyl (C=O) groups excluding carboxylic acids is 2. The Bertz CT molecular complexity index is 4730. The fraction of sp³-hybridized carbons (Fsp3) is 0.394. The quantitative estimate of drug-likeness (QED) is 0.117. The second-order valence-electron chi connectivity index (χ2n) is 19.4. The summed E-state index contributed by atoms with van der Waals surface area (Å²) in [5.41, 5.74) is -0.180. The van der Waals surface area contributed by atoms with Crippen molar-refractivity contribution in [1.82, 2.24) is 20.4 Å². The number of benzene rings is 6. The van der Waals surface area contributed by atoms with E-state index in [1.54, 1.807) is 6.07 Å². The minimum atomic E-state index is -3.71. The van der Waals surface area contributed by atoms with Gasteiger partial charge in [0.2, 0.25) is 0 Å². The number of fused-ring (bicyclic) bond motifs is 2. The van der Waals surface area contributed by atoms with Crippen molar-refractivity contribution in [3.8, 4) is 0 Å². The first-order valence-corrected chi connectivity index (χ1v) is 25.7. The molecule has 6 aliphatic rings. The lowest BCUT2D eigenvalue weighted by molar-refractivity contribution is 0.0663. The molecule has 2 amide bonds. The predicted octanol–water partition coefficient (Wildman–Crippen LogP) is 9.93. The molecule has 6 aromatic rings. The summed E-state index contributed by atoms with van der Waals surface area (Å²) >= 11 is 0. The zero-order chi connectivity index (χ0) is 84.3. The average Bonchev–Trinajstić information content (AvgIpc) is 0.815. The van der Waals surface area contributed by atoms with Gasteiger partial charge in [0.05, 0.1) is 35.0 Å². The lowest BCUT2D eigenvalue weighted by Gasteiger charge is -2.34. The minimum Gasteiger partial charge on any atom is -0.381 e. The van der Waals surface area contributed by atoms with Gasteiger partial charge in [0.15, 0.2) is 0 Å². The highest BCUT2D eigenvalue weighted by molar-refractivity contribution is 6.15. The zero-order valence-electron chi connectivity index (χ0n) is 74.5. The zero-order valence-corrected chi connectivity index (χ0v) is 43.5. The van der Waals surface area contributed by atoms with Crippen molar-refractivity contribution >= 4 is 34.9 Å². The number of nitrogens with one attached hydrogen (secondary N) is 2. The molecule has 6 heterocycles. The first kappa shape index (κ1) is 30.4. The molecule has 0 aliphatic carbocycles. The maximum Gasteiger partial charge on any atom is 0.257 e. The molecule has 6 aromatic carbocycles. The van der Waals surface area contributed by atoms with E-state index >= 15 is 0 Å². The third-order valence-corrected chi connectivity index (χ3v) is 13.5. The van der Waals surface area contributed by atoms with Crippen LogP contribution in [0.4, 0.5) is 28.9 Å². The van der Waals surface area contributed by atoms with Crippen LogP contribution < -0.4 is 20.4 Å². The van der Waals surface area contributed by atoms with E-state index in [4.69, 9.17) is 52.0 Å². The summed E-state index contributed by atoms with van der Waals surface area (Å²) < 4.78 is 327. The molecule has 12 nitrogen and oxygen atoms in total. The van der Waals surface area contributed by atoms with Crippen molar-refractivity contribution in [2.24, 2.45) is 21.8 Å². The third-order valence-electron chi connectivity index (χ3n) is 13.5. The Hall–Kier alpha value is -7.24. The summed E-state index contributed by atoms with van der Waals surface area (Å²) in [4.78, 5) is 37.2. The Labute approximate surface area is 521 Å². The Morgan fingerprint density at radius 3 is 1.34 bits per heavy atom. The molecule has 0 saturated carbocycles. The van der Waals surface area contributed by atoms with E-state index in [0.717, 1.165) is 61.6 Å². The molecule has 4 saturated heterocycles. The number of piperazine rings is 2. The highest BCUT2D eigenvalue weighted by Crippen LogP contribution is 2.31. The van der Waals surface area contributed by atoms with E-state index in [0.29, 0.717) is 38.6 Å². The van der Waals surface area contributed by atoms with Gasteiger partial charge in [0, 0.05) is 145 Å². The van der Waals surface area contributed by atoms with Crippen LogP contribution in [-0.2, 0) is 48.2 Å². The van der Waals surface area contributed by atoms with Gasteiger partial charge in [0.1, 0.15) is 34.9 Å². The van der Waals surface area contributed by atoms with Gasteiger partial charge in [-0.05, 0) is 194 Å². The van der Waals surface area contributed by atoms with E-state index in [2.05, 4.69) is 20.6 Å². The van der Waals surface area contributed by atoms with Crippen LogP contribution in [0.3, 0.4) is 0 Å². The topological polar surface area (TPSA) is 114 Å².